The van der Waals surface area contributed by atoms with Crippen molar-refractivity contribution in [3.05, 3.63) is 0 Å². The van der Waals surface area contributed by atoms with E-state index < -0.39 is 0 Å². The molecule has 0 heterocycles. The van der Waals surface area contributed by atoms with Crippen LogP contribution in [0.5, 0.6) is 0 Å². The first kappa shape index (κ1) is 8.14. The van der Waals surface area contributed by atoms with E-state index in [1.165, 1.54) is 0 Å². The predicted molar refractivity (Wildman–Crippen MR) is 37.5 cm³/mol. The van der Waals surface area contributed by atoms with Crippen molar-refractivity contribution in [1.82, 2.24) is 5.01 Å². The molecule has 0 saturated carbocycles. The molecule has 0 aliphatic heterocycles. The molecular weight excluding hydrogens is 116 g/mol. The number of hydrogen-bond donors (Lipinski definition) is 0. The van der Waals surface area contributed by atoms with Gasteiger partial charge in [-0.15, -0.1) is 0 Å². The second-order valence-corrected chi connectivity index (χ2v) is 2.05. The third-order valence-electron chi connectivity index (χ3n) is 0.749. The number of hydrazone groups is 1. The highest BCUT2D eigenvalue weighted by atomic mass is 16.1. The summed E-state index contributed by atoms with van der Waals surface area (Å²) in [4.78, 5) is 9.90. The fourth-order valence-corrected chi connectivity index (χ4v) is 0.503. The van der Waals surface area contributed by atoms with E-state index in [2.05, 4.69) is 5.10 Å². The molecule has 3 heteroatoms. The Morgan fingerprint density at radius 1 is 1.67 bits per heavy atom. The van der Waals surface area contributed by atoms with Gasteiger partial charge < -0.3 is 9.80 Å². The zero-order valence-electron chi connectivity index (χ0n) is 6.09. The molecule has 52 valence electrons. The SMILES string of the molecule is CC(CC=O)=NN(C)C. The first-order valence-electron chi connectivity index (χ1n) is 2.82. The predicted octanol–water partition coefficient (Wildman–Crippen LogP) is 0.513. The van der Waals surface area contributed by atoms with Crippen LogP contribution >= 0.6 is 0 Å². The summed E-state index contributed by atoms with van der Waals surface area (Å²) in [5.74, 6) is 0. The number of nitrogens with zero attached hydrogens (tertiary/aromatic N) is 2. The highest BCUT2D eigenvalue weighted by Gasteiger charge is 1.87. The lowest BCUT2D eigenvalue weighted by molar-refractivity contribution is -0.106. The van der Waals surface area contributed by atoms with Gasteiger partial charge in [-0.25, -0.2) is 0 Å². The van der Waals surface area contributed by atoms with Crippen LogP contribution in [0.2, 0.25) is 0 Å². The highest BCUT2D eigenvalue weighted by molar-refractivity contribution is 5.91. The van der Waals surface area contributed by atoms with Crippen LogP contribution in [0.25, 0.3) is 0 Å². The molecule has 3 nitrogen and oxygen atoms in total. The third-order valence-corrected chi connectivity index (χ3v) is 0.749. The van der Waals surface area contributed by atoms with Gasteiger partial charge in [0.1, 0.15) is 6.29 Å². The number of hydrogen-bond acceptors (Lipinski definition) is 3. The van der Waals surface area contributed by atoms with Gasteiger partial charge in [-0.05, 0) is 6.92 Å². The zero-order valence-corrected chi connectivity index (χ0v) is 6.09. The quantitative estimate of drug-likeness (QED) is 0.315. The molecule has 0 spiro atoms. The largest absolute Gasteiger partial charge is 0.303 e. The van der Waals surface area contributed by atoms with Crippen LogP contribution in [0.3, 0.4) is 0 Å². The maximum absolute atomic E-state index is 9.90. The lowest BCUT2D eigenvalue weighted by Crippen LogP contribution is -2.06. The van der Waals surface area contributed by atoms with Crippen LogP contribution in [0.1, 0.15) is 13.3 Å². The van der Waals surface area contributed by atoms with Crippen molar-refractivity contribution in [3.63, 3.8) is 0 Å². The highest BCUT2D eigenvalue weighted by Crippen LogP contribution is 1.83. The van der Waals surface area contributed by atoms with Gasteiger partial charge in [0.25, 0.3) is 0 Å². The Bertz CT molecular complexity index is 118. The van der Waals surface area contributed by atoms with E-state index in [0.29, 0.717) is 6.42 Å². The molecule has 0 saturated heterocycles. The van der Waals surface area contributed by atoms with Crippen LogP contribution in [-0.4, -0.2) is 31.1 Å². The van der Waals surface area contributed by atoms with E-state index in [1.807, 2.05) is 21.0 Å². The van der Waals surface area contributed by atoms with Gasteiger partial charge in [0, 0.05) is 26.2 Å². The molecule has 0 aromatic heterocycles. The number of aldehydes is 1. The normalized spacial score (nSPS) is 11.2. The summed E-state index contributed by atoms with van der Waals surface area (Å²) in [6.45, 7) is 1.83. The Morgan fingerprint density at radius 2 is 2.22 bits per heavy atom. The van der Waals surface area contributed by atoms with Gasteiger partial charge in [-0.2, -0.15) is 5.10 Å². The van der Waals surface area contributed by atoms with Crippen molar-refractivity contribution in [2.24, 2.45) is 5.10 Å². The monoisotopic (exact) mass is 128 g/mol. The molecule has 0 N–H and O–H groups in total. The van der Waals surface area contributed by atoms with Gasteiger partial charge in [0.2, 0.25) is 0 Å². The second kappa shape index (κ2) is 4.06. The maximum atomic E-state index is 9.90. The Labute approximate surface area is 55.4 Å². The number of carbonyl (C=O) groups is 1. The van der Waals surface area contributed by atoms with Gasteiger partial charge >= 0.3 is 0 Å². The zero-order chi connectivity index (χ0) is 7.28. The topological polar surface area (TPSA) is 32.7 Å². The molecule has 0 bridgehead atoms. The number of carbonyl (C=O) groups excluding carboxylic acids is 1. The molecule has 0 aromatic rings. The Hall–Kier alpha value is -0.860. The van der Waals surface area contributed by atoms with Crippen LogP contribution in [0.15, 0.2) is 5.10 Å². The average Bonchev–Trinajstić information content (AvgIpc) is 1.63. The van der Waals surface area contributed by atoms with E-state index in [9.17, 15) is 4.79 Å². The van der Waals surface area contributed by atoms with E-state index >= 15 is 0 Å². The summed E-state index contributed by atoms with van der Waals surface area (Å²) in [7, 11) is 3.66. The summed E-state index contributed by atoms with van der Waals surface area (Å²) in [6, 6.07) is 0. The maximum Gasteiger partial charge on any atom is 0.125 e. The van der Waals surface area contributed by atoms with Gasteiger partial charge in [0.15, 0.2) is 0 Å². The minimum Gasteiger partial charge on any atom is -0.303 e. The fraction of sp³-hybridized carbons (Fsp3) is 0.667. The molecular formula is C6H12N2O. The summed E-state index contributed by atoms with van der Waals surface area (Å²) in [5, 5.41) is 5.67. The summed E-state index contributed by atoms with van der Waals surface area (Å²) in [5.41, 5.74) is 0.843. The first-order chi connectivity index (χ1) is 4.16. The van der Waals surface area contributed by atoms with Crippen molar-refractivity contribution in [2.75, 3.05) is 14.1 Å². The standard InChI is InChI=1S/C6H12N2O/c1-6(4-5-9)7-8(2)3/h5H,4H2,1-3H3. The van der Waals surface area contributed by atoms with E-state index in [1.54, 1.807) is 5.01 Å². The van der Waals surface area contributed by atoms with Crippen LogP contribution in [0, 0.1) is 0 Å². The molecule has 0 fully saturated rings. The molecule has 0 aromatic carbocycles. The average molecular weight is 128 g/mol. The van der Waals surface area contributed by atoms with Crippen molar-refractivity contribution in [3.8, 4) is 0 Å². The number of rotatable bonds is 3. The minimum absolute atomic E-state index is 0.429. The van der Waals surface area contributed by atoms with Gasteiger partial charge in [0.05, 0.1) is 0 Å². The Kier molecular flexibility index (Phi) is 3.67. The third kappa shape index (κ3) is 5.00. The summed E-state index contributed by atoms with van der Waals surface area (Å²) >= 11 is 0. The van der Waals surface area contributed by atoms with Gasteiger partial charge in [-0.3, -0.25) is 0 Å². The molecule has 0 atom stereocenters. The molecule has 0 radical (unpaired) electrons. The van der Waals surface area contributed by atoms with Crippen molar-refractivity contribution < 1.29 is 4.79 Å². The van der Waals surface area contributed by atoms with E-state index in [4.69, 9.17) is 0 Å². The van der Waals surface area contributed by atoms with Crippen LogP contribution in [-0.2, 0) is 4.79 Å². The molecule has 0 amide bonds. The lowest BCUT2D eigenvalue weighted by atomic mass is 10.3. The van der Waals surface area contributed by atoms with E-state index in [0.717, 1.165) is 12.0 Å². The van der Waals surface area contributed by atoms with Gasteiger partial charge in [-0.1, -0.05) is 0 Å². The van der Waals surface area contributed by atoms with Crippen molar-refractivity contribution >= 4 is 12.0 Å². The van der Waals surface area contributed by atoms with Crippen molar-refractivity contribution in [1.29, 1.82) is 0 Å². The Balaban J connectivity index is 3.68. The molecule has 9 heavy (non-hydrogen) atoms. The Morgan fingerprint density at radius 3 is 2.56 bits per heavy atom. The smallest absolute Gasteiger partial charge is 0.125 e. The molecule has 0 unspecified atom stereocenters. The molecule has 0 aliphatic carbocycles. The van der Waals surface area contributed by atoms with Crippen molar-refractivity contribution in [2.45, 2.75) is 13.3 Å². The summed E-state index contributed by atoms with van der Waals surface area (Å²) < 4.78 is 0. The second-order valence-electron chi connectivity index (χ2n) is 2.05. The minimum atomic E-state index is 0.429. The molecule has 0 rings (SSSR count). The van der Waals surface area contributed by atoms with E-state index in [-0.39, 0.29) is 0 Å². The fourth-order valence-electron chi connectivity index (χ4n) is 0.503. The molecule has 0 aliphatic rings. The van der Waals surface area contributed by atoms with Crippen LogP contribution in [0.4, 0.5) is 0 Å². The van der Waals surface area contributed by atoms with Crippen LogP contribution < -0.4 is 0 Å². The summed E-state index contributed by atoms with van der Waals surface area (Å²) in [6.07, 6.45) is 1.28. The lowest BCUT2D eigenvalue weighted by Gasteiger charge is -2.03. The first-order valence-corrected chi connectivity index (χ1v) is 2.82.